The van der Waals surface area contributed by atoms with Crippen molar-refractivity contribution < 1.29 is 14.3 Å². The van der Waals surface area contributed by atoms with E-state index < -0.39 is 5.41 Å². The molecule has 1 aliphatic carbocycles. The zero-order chi connectivity index (χ0) is 21.8. The molecule has 0 heterocycles. The minimum atomic E-state index is -0.515. The Bertz CT molecular complexity index is 1050. The summed E-state index contributed by atoms with van der Waals surface area (Å²) in [5, 5.41) is 5.28. The van der Waals surface area contributed by atoms with E-state index in [9.17, 15) is 4.79 Å². The fourth-order valence-electron chi connectivity index (χ4n) is 4.69. The lowest BCUT2D eigenvalue weighted by Crippen LogP contribution is -2.42. The predicted octanol–water partition coefficient (Wildman–Crippen LogP) is 6.48. The lowest BCUT2D eigenvalue weighted by Gasteiger charge is -2.36. The van der Waals surface area contributed by atoms with E-state index in [4.69, 9.17) is 9.47 Å². The maximum absolute atomic E-state index is 13.8. The number of hydrogen-bond donors (Lipinski definition) is 1. The van der Waals surface area contributed by atoms with Crippen molar-refractivity contribution in [2.75, 3.05) is 12.4 Å². The summed E-state index contributed by atoms with van der Waals surface area (Å²) in [4.78, 5) is 13.8. The number of anilines is 1. The maximum atomic E-state index is 13.8. The van der Waals surface area contributed by atoms with Crippen LogP contribution in [0, 0.1) is 0 Å². The Labute approximate surface area is 184 Å². The minimum absolute atomic E-state index is 0.0695. The van der Waals surface area contributed by atoms with Crippen LogP contribution in [0.4, 0.5) is 5.69 Å². The molecule has 0 bridgehead atoms. The number of carbonyl (C=O) groups excluding carboxylic acids is 1. The molecule has 4 heteroatoms. The monoisotopic (exact) mass is 417 g/mol. The Balaban J connectivity index is 1.70. The van der Waals surface area contributed by atoms with Gasteiger partial charge in [-0.05, 0) is 56.5 Å². The minimum Gasteiger partial charge on any atom is -0.497 e. The molecule has 0 aromatic heterocycles. The van der Waals surface area contributed by atoms with Crippen molar-refractivity contribution in [2.24, 2.45) is 0 Å². The number of rotatable bonds is 6. The third-order valence-corrected chi connectivity index (χ3v) is 6.28. The molecule has 1 aliphatic rings. The number of hydrogen-bond acceptors (Lipinski definition) is 3. The van der Waals surface area contributed by atoms with Gasteiger partial charge in [0.1, 0.15) is 11.5 Å². The van der Waals surface area contributed by atoms with Gasteiger partial charge in [-0.3, -0.25) is 4.79 Å². The quantitative estimate of drug-likeness (QED) is 0.499. The molecule has 0 radical (unpaired) electrons. The Morgan fingerprint density at radius 3 is 2.23 bits per heavy atom. The predicted molar refractivity (Wildman–Crippen MR) is 126 cm³/mol. The van der Waals surface area contributed by atoms with Crippen molar-refractivity contribution in [1.82, 2.24) is 0 Å². The molecule has 1 fully saturated rings. The molecule has 162 valence electrons. The van der Waals surface area contributed by atoms with Crippen LogP contribution in [-0.4, -0.2) is 19.1 Å². The summed E-state index contributed by atoms with van der Waals surface area (Å²) in [6.07, 6.45) is 5.09. The molecule has 0 saturated heterocycles. The van der Waals surface area contributed by atoms with Gasteiger partial charge in [0.25, 0.3) is 0 Å². The molecule has 1 amide bonds. The van der Waals surface area contributed by atoms with Crippen molar-refractivity contribution in [3.63, 3.8) is 0 Å². The van der Waals surface area contributed by atoms with Crippen LogP contribution in [-0.2, 0) is 10.2 Å². The van der Waals surface area contributed by atoms with Gasteiger partial charge in [-0.15, -0.1) is 0 Å². The molecule has 0 unspecified atom stereocenters. The lowest BCUT2D eigenvalue weighted by atomic mass is 9.68. The molecule has 3 aromatic rings. The van der Waals surface area contributed by atoms with Crippen LogP contribution in [0.3, 0.4) is 0 Å². The number of nitrogens with one attached hydrogen (secondary N) is 1. The lowest BCUT2D eigenvalue weighted by molar-refractivity contribution is -0.122. The molecule has 1 N–H and O–H groups in total. The van der Waals surface area contributed by atoms with E-state index in [1.54, 1.807) is 7.11 Å². The average molecular weight is 418 g/mol. The first kappa shape index (κ1) is 21.2. The standard InChI is InChI=1S/C27H31NO3/c1-19(2)31-25-16-15-24(22-9-5-6-10-23(22)25)28-26(29)27(17-7-4-8-18-27)20-11-13-21(30-3)14-12-20/h5-6,9-16,19H,4,7-8,17-18H2,1-3H3,(H,28,29). The van der Waals surface area contributed by atoms with E-state index >= 15 is 0 Å². The van der Waals surface area contributed by atoms with E-state index in [-0.39, 0.29) is 12.0 Å². The normalized spacial score (nSPS) is 15.6. The highest BCUT2D eigenvalue weighted by Crippen LogP contribution is 2.42. The van der Waals surface area contributed by atoms with E-state index in [1.807, 2.05) is 74.5 Å². The fourth-order valence-corrected chi connectivity index (χ4v) is 4.69. The topological polar surface area (TPSA) is 47.6 Å². The Morgan fingerprint density at radius 2 is 1.58 bits per heavy atom. The summed E-state index contributed by atoms with van der Waals surface area (Å²) in [5.41, 5.74) is 1.38. The molecular weight excluding hydrogens is 386 g/mol. The summed E-state index contributed by atoms with van der Waals surface area (Å²) in [6.45, 7) is 4.04. The van der Waals surface area contributed by atoms with Crippen LogP contribution in [0.1, 0.15) is 51.5 Å². The highest BCUT2D eigenvalue weighted by molar-refractivity contribution is 6.07. The van der Waals surface area contributed by atoms with Crippen LogP contribution >= 0.6 is 0 Å². The largest absolute Gasteiger partial charge is 0.497 e. The van der Waals surface area contributed by atoms with Gasteiger partial charge in [-0.1, -0.05) is 55.7 Å². The molecule has 4 nitrogen and oxygen atoms in total. The van der Waals surface area contributed by atoms with Crippen molar-refractivity contribution in [1.29, 1.82) is 0 Å². The third-order valence-electron chi connectivity index (χ3n) is 6.28. The Hall–Kier alpha value is -3.01. The summed E-state index contributed by atoms with van der Waals surface area (Å²) >= 11 is 0. The SMILES string of the molecule is COc1ccc(C2(C(=O)Nc3ccc(OC(C)C)c4ccccc34)CCCCC2)cc1. The van der Waals surface area contributed by atoms with Crippen LogP contribution in [0.15, 0.2) is 60.7 Å². The van der Waals surface area contributed by atoms with Crippen LogP contribution < -0.4 is 14.8 Å². The van der Waals surface area contributed by atoms with Gasteiger partial charge >= 0.3 is 0 Å². The van der Waals surface area contributed by atoms with Gasteiger partial charge in [0.05, 0.1) is 18.6 Å². The Morgan fingerprint density at radius 1 is 0.903 bits per heavy atom. The van der Waals surface area contributed by atoms with Gasteiger partial charge in [0, 0.05) is 16.5 Å². The number of carbonyl (C=O) groups is 1. The molecule has 4 rings (SSSR count). The second-order valence-corrected chi connectivity index (χ2v) is 8.65. The molecule has 1 saturated carbocycles. The molecule has 0 aliphatic heterocycles. The molecule has 0 atom stereocenters. The summed E-state index contributed by atoms with van der Waals surface area (Å²) in [5.74, 6) is 1.72. The van der Waals surface area contributed by atoms with Crippen molar-refractivity contribution in [3.8, 4) is 11.5 Å². The third kappa shape index (κ3) is 4.25. The summed E-state index contributed by atoms with van der Waals surface area (Å²) < 4.78 is 11.3. The van der Waals surface area contributed by atoms with E-state index in [1.165, 1.54) is 6.42 Å². The smallest absolute Gasteiger partial charge is 0.235 e. The fraction of sp³-hybridized carbons (Fsp3) is 0.370. The van der Waals surface area contributed by atoms with Gasteiger partial charge in [-0.25, -0.2) is 0 Å². The number of benzene rings is 3. The first-order valence-corrected chi connectivity index (χ1v) is 11.2. The number of amides is 1. The highest BCUT2D eigenvalue weighted by atomic mass is 16.5. The second kappa shape index (κ2) is 9.01. The van der Waals surface area contributed by atoms with E-state index in [0.29, 0.717) is 0 Å². The maximum Gasteiger partial charge on any atom is 0.235 e. The Kier molecular flexibility index (Phi) is 6.17. The van der Waals surface area contributed by atoms with Crippen LogP contribution in [0.2, 0.25) is 0 Å². The van der Waals surface area contributed by atoms with E-state index in [2.05, 4.69) is 5.32 Å². The zero-order valence-electron chi connectivity index (χ0n) is 18.6. The number of ether oxygens (including phenoxy) is 2. The van der Waals surface area contributed by atoms with Gasteiger partial charge in [0.2, 0.25) is 5.91 Å². The molecule has 0 spiro atoms. The summed E-state index contributed by atoms with van der Waals surface area (Å²) in [7, 11) is 1.66. The number of fused-ring (bicyclic) bond motifs is 1. The van der Waals surface area contributed by atoms with E-state index in [0.717, 1.165) is 59.2 Å². The van der Waals surface area contributed by atoms with Gasteiger partial charge in [0.15, 0.2) is 0 Å². The molecular formula is C27H31NO3. The first-order chi connectivity index (χ1) is 15.0. The van der Waals surface area contributed by atoms with Crippen molar-refractivity contribution in [3.05, 3.63) is 66.2 Å². The van der Waals surface area contributed by atoms with Gasteiger partial charge < -0.3 is 14.8 Å². The van der Waals surface area contributed by atoms with Crippen LogP contribution in [0.25, 0.3) is 10.8 Å². The van der Waals surface area contributed by atoms with Gasteiger partial charge in [-0.2, -0.15) is 0 Å². The van der Waals surface area contributed by atoms with Crippen molar-refractivity contribution >= 4 is 22.4 Å². The highest BCUT2D eigenvalue weighted by Gasteiger charge is 2.41. The molecule has 3 aromatic carbocycles. The summed E-state index contributed by atoms with van der Waals surface area (Å²) in [6, 6.07) is 20.0. The first-order valence-electron chi connectivity index (χ1n) is 11.2. The van der Waals surface area contributed by atoms with Crippen LogP contribution in [0.5, 0.6) is 11.5 Å². The zero-order valence-corrected chi connectivity index (χ0v) is 18.6. The average Bonchev–Trinajstić information content (AvgIpc) is 2.81. The molecule has 31 heavy (non-hydrogen) atoms. The number of methoxy groups -OCH3 is 1. The van der Waals surface area contributed by atoms with Crippen molar-refractivity contribution in [2.45, 2.75) is 57.5 Å². The second-order valence-electron chi connectivity index (χ2n) is 8.65.